The first kappa shape index (κ1) is 13.6. The normalized spacial score (nSPS) is 21.5. The van der Waals surface area contributed by atoms with E-state index in [0.29, 0.717) is 0 Å². The fourth-order valence-corrected chi connectivity index (χ4v) is 1.84. The summed E-state index contributed by atoms with van der Waals surface area (Å²) in [5, 5.41) is 6.68. The van der Waals surface area contributed by atoms with Gasteiger partial charge in [-0.15, -0.1) is 0 Å². The minimum atomic E-state index is -0.876. The second-order valence-electron chi connectivity index (χ2n) is 5.74. The lowest BCUT2D eigenvalue weighted by Crippen LogP contribution is -2.35. The summed E-state index contributed by atoms with van der Waals surface area (Å²) in [6, 6.07) is 1.64. The van der Waals surface area contributed by atoms with Crippen molar-refractivity contribution in [3.8, 4) is 0 Å². The van der Waals surface area contributed by atoms with Crippen LogP contribution in [0.5, 0.6) is 0 Å². The number of aromatic amines is 1. The third-order valence-electron chi connectivity index (χ3n) is 3.16. The quantitative estimate of drug-likeness (QED) is 0.841. The lowest BCUT2D eigenvalue weighted by molar-refractivity contribution is -0.145. The molecule has 1 N–H and O–H groups in total. The summed E-state index contributed by atoms with van der Waals surface area (Å²) < 4.78 is 10.1. The summed E-state index contributed by atoms with van der Waals surface area (Å²) in [6.45, 7) is 7.86. The van der Waals surface area contributed by atoms with E-state index >= 15 is 0 Å². The molecular formula is C13H18N2O4. The van der Waals surface area contributed by atoms with E-state index in [9.17, 15) is 9.59 Å². The molecule has 1 aliphatic rings. The van der Waals surface area contributed by atoms with E-state index in [0.717, 1.165) is 5.69 Å². The molecule has 19 heavy (non-hydrogen) atoms. The lowest BCUT2D eigenvalue weighted by Gasteiger charge is -2.20. The van der Waals surface area contributed by atoms with Crippen molar-refractivity contribution in [3.63, 3.8) is 0 Å². The molecule has 2 rings (SSSR count). The Kier molecular flexibility index (Phi) is 3.34. The summed E-state index contributed by atoms with van der Waals surface area (Å²) in [7, 11) is 0. The van der Waals surface area contributed by atoms with Crippen molar-refractivity contribution in [1.82, 2.24) is 10.2 Å². The van der Waals surface area contributed by atoms with E-state index in [-0.39, 0.29) is 18.2 Å². The molecule has 104 valence electrons. The predicted molar refractivity (Wildman–Crippen MR) is 66.6 cm³/mol. The number of H-pyrrole nitrogens is 1. The molecule has 1 aliphatic heterocycles. The number of nitrogens with zero attached hydrogens (tertiary/aromatic N) is 1. The van der Waals surface area contributed by atoms with Crippen LogP contribution in [-0.4, -0.2) is 34.8 Å². The van der Waals surface area contributed by atoms with Crippen LogP contribution < -0.4 is 0 Å². The molecular weight excluding hydrogens is 248 g/mol. The maximum Gasteiger partial charge on any atom is 0.359 e. The molecule has 1 aromatic rings. The fourth-order valence-electron chi connectivity index (χ4n) is 1.84. The van der Waals surface area contributed by atoms with E-state index < -0.39 is 23.5 Å². The van der Waals surface area contributed by atoms with Crippen molar-refractivity contribution in [3.05, 3.63) is 17.5 Å². The van der Waals surface area contributed by atoms with Gasteiger partial charge in [-0.1, -0.05) is 27.7 Å². The average Bonchev–Trinajstić information content (AvgIpc) is 2.89. The summed E-state index contributed by atoms with van der Waals surface area (Å²) in [5.41, 5.74) is 0.517. The van der Waals surface area contributed by atoms with Gasteiger partial charge < -0.3 is 9.47 Å². The first-order valence-corrected chi connectivity index (χ1v) is 6.24. The van der Waals surface area contributed by atoms with Crippen molar-refractivity contribution in [2.45, 2.75) is 39.7 Å². The maximum atomic E-state index is 12.0. The zero-order chi connectivity index (χ0) is 14.2. The van der Waals surface area contributed by atoms with Gasteiger partial charge in [0.25, 0.3) is 0 Å². The Balaban J connectivity index is 2.10. The largest absolute Gasteiger partial charge is 0.462 e. The van der Waals surface area contributed by atoms with Crippen molar-refractivity contribution in [1.29, 1.82) is 0 Å². The van der Waals surface area contributed by atoms with Crippen LogP contribution in [0.1, 0.15) is 49.8 Å². The number of carbonyl (C=O) groups excluding carboxylic acids is 2. The monoisotopic (exact) mass is 266 g/mol. The summed E-state index contributed by atoms with van der Waals surface area (Å²) in [4.78, 5) is 23.5. The molecule has 1 saturated heterocycles. The smallest absolute Gasteiger partial charge is 0.359 e. The van der Waals surface area contributed by atoms with Gasteiger partial charge in [0.1, 0.15) is 6.61 Å². The molecule has 6 nitrogen and oxygen atoms in total. The van der Waals surface area contributed by atoms with Crippen LogP contribution in [0.15, 0.2) is 6.07 Å². The third-order valence-corrected chi connectivity index (χ3v) is 3.16. The Hall–Kier alpha value is -1.85. The van der Waals surface area contributed by atoms with E-state index in [1.807, 2.05) is 27.7 Å². The zero-order valence-corrected chi connectivity index (χ0v) is 11.5. The summed E-state index contributed by atoms with van der Waals surface area (Å²) in [6.07, 6.45) is -0.876. The number of aromatic nitrogens is 2. The lowest BCUT2D eigenvalue weighted by atomic mass is 9.90. The van der Waals surface area contributed by atoms with Gasteiger partial charge in [-0.05, 0) is 12.0 Å². The van der Waals surface area contributed by atoms with Gasteiger partial charge in [0, 0.05) is 11.1 Å². The topological polar surface area (TPSA) is 81.3 Å². The number of nitrogens with one attached hydrogen (secondary N) is 1. The zero-order valence-electron chi connectivity index (χ0n) is 11.5. The van der Waals surface area contributed by atoms with Crippen molar-refractivity contribution < 1.29 is 19.1 Å². The predicted octanol–water partition coefficient (Wildman–Crippen LogP) is 1.64. The molecule has 2 heterocycles. The molecule has 0 unspecified atom stereocenters. The fraction of sp³-hybridized carbons (Fsp3) is 0.615. The summed E-state index contributed by atoms with van der Waals surface area (Å²) >= 11 is 0. The number of hydrogen-bond donors (Lipinski definition) is 1. The van der Waals surface area contributed by atoms with Gasteiger partial charge in [0.2, 0.25) is 6.10 Å². The highest BCUT2D eigenvalue weighted by Crippen LogP contribution is 2.31. The minimum absolute atomic E-state index is 0.180. The molecule has 0 amide bonds. The Morgan fingerprint density at radius 3 is 2.74 bits per heavy atom. The number of hydrogen-bond acceptors (Lipinski definition) is 5. The van der Waals surface area contributed by atoms with Gasteiger partial charge in [-0.3, -0.25) is 5.10 Å². The SMILES string of the molecule is CC(C)c1cc(C(=O)O[C@H]2C(=O)OCC2(C)C)n[nH]1. The number of esters is 2. The number of carbonyl (C=O) groups is 2. The van der Waals surface area contributed by atoms with Gasteiger partial charge in [-0.25, -0.2) is 9.59 Å². The number of rotatable bonds is 3. The molecule has 1 fully saturated rings. The highest BCUT2D eigenvalue weighted by atomic mass is 16.6. The van der Waals surface area contributed by atoms with Crippen LogP contribution in [0.3, 0.4) is 0 Å². The Labute approximate surface area is 111 Å². The first-order valence-electron chi connectivity index (χ1n) is 6.24. The van der Waals surface area contributed by atoms with Crippen LogP contribution in [0.25, 0.3) is 0 Å². The molecule has 0 aliphatic carbocycles. The molecule has 0 saturated carbocycles. The maximum absolute atomic E-state index is 12.0. The van der Waals surface area contributed by atoms with Crippen molar-refractivity contribution >= 4 is 11.9 Å². The molecule has 0 aromatic carbocycles. The second-order valence-corrected chi connectivity index (χ2v) is 5.74. The van der Waals surface area contributed by atoms with Gasteiger partial charge in [0.15, 0.2) is 5.69 Å². The molecule has 6 heteroatoms. The van der Waals surface area contributed by atoms with E-state index in [2.05, 4.69) is 10.2 Å². The number of cyclic esters (lactones) is 1. The van der Waals surface area contributed by atoms with E-state index in [1.165, 1.54) is 0 Å². The Bertz CT molecular complexity index is 504. The molecule has 0 bridgehead atoms. The molecule has 0 radical (unpaired) electrons. The van der Waals surface area contributed by atoms with Gasteiger partial charge in [-0.2, -0.15) is 5.10 Å². The van der Waals surface area contributed by atoms with Crippen LogP contribution in [-0.2, 0) is 14.3 Å². The highest BCUT2D eigenvalue weighted by Gasteiger charge is 2.46. The van der Waals surface area contributed by atoms with Crippen molar-refractivity contribution in [2.24, 2.45) is 5.41 Å². The van der Waals surface area contributed by atoms with Crippen LogP contribution >= 0.6 is 0 Å². The number of ether oxygens (including phenoxy) is 2. The molecule has 1 aromatic heterocycles. The van der Waals surface area contributed by atoms with Gasteiger partial charge in [0.05, 0.1) is 0 Å². The van der Waals surface area contributed by atoms with Crippen LogP contribution in [0, 0.1) is 5.41 Å². The Morgan fingerprint density at radius 1 is 1.58 bits per heavy atom. The third kappa shape index (κ3) is 2.62. The van der Waals surface area contributed by atoms with E-state index in [4.69, 9.17) is 9.47 Å². The average molecular weight is 266 g/mol. The molecule has 1 atom stereocenters. The van der Waals surface area contributed by atoms with Gasteiger partial charge >= 0.3 is 11.9 Å². The highest BCUT2D eigenvalue weighted by molar-refractivity contribution is 5.90. The standard InChI is InChI=1S/C13H18N2O4/c1-7(2)8-5-9(15-14-8)11(16)19-10-12(17)18-6-13(10,3)4/h5,7,10H,6H2,1-4H3,(H,14,15)/t10-/m0/s1. The van der Waals surface area contributed by atoms with E-state index in [1.54, 1.807) is 6.07 Å². The molecule has 0 spiro atoms. The van der Waals surface area contributed by atoms with Crippen LogP contribution in [0.2, 0.25) is 0 Å². The Morgan fingerprint density at radius 2 is 2.26 bits per heavy atom. The van der Waals surface area contributed by atoms with Crippen molar-refractivity contribution in [2.75, 3.05) is 6.61 Å². The minimum Gasteiger partial charge on any atom is -0.462 e. The van der Waals surface area contributed by atoms with Crippen LogP contribution in [0.4, 0.5) is 0 Å². The summed E-state index contributed by atoms with van der Waals surface area (Å²) in [5.74, 6) is -0.875. The first-order chi connectivity index (χ1) is 8.81. The second kappa shape index (κ2) is 4.68.